The Morgan fingerprint density at radius 3 is 2.37 bits per heavy atom. The summed E-state index contributed by atoms with van der Waals surface area (Å²) in [6, 6.07) is 7.43. The van der Waals surface area contributed by atoms with E-state index in [9.17, 15) is 0 Å². The van der Waals surface area contributed by atoms with Gasteiger partial charge in [0.2, 0.25) is 0 Å². The van der Waals surface area contributed by atoms with Gasteiger partial charge in [-0.15, -0.1) is 23.5 Å². The molecule has 150 valence electrons. The van der Waals surface area contributed by atoms with E-state index in [1.807, 2.05) is 0 Å². The molecule has 0 aromatic heterocycles. The normalized spacial score (nSPS) is 33.9. The van der Waals surface area contributed by atoms with Crippen molar-refractivity contribution in [2.45, 2.75) is 64.7 Å². The fourth-order valence-corrected chi connectivity index (χ4v) is 7.01. The van der Waals surface area contributed by atoms with E-state index in [1.165, 1.54) is 29.7 Å². The number of aryl methyl sites for hydroxylation is 1. The first-order valence-corrected chi connectivity index (χ1v) is 14.7. The molecule has 5 heteroatoms. The van der Waals surface area contributed by atoms with Crippen LogP contribution in [-0.2, 0) is 23.5 Å². The van der Waals surface area contributed by atoms with Crippen molar-refractivity contribution in [1.82, 2.24) is 0 Å². The number of halogens is 2. The Hall–Kier alpha value is 0.404. The van der Waals surface area contributed by atoms with Gasteiger partial charge in [-0.2, -0.15) is 0 Å². The van der Waals surface area contributed by atoms with E-state index in [1.54, 1.807) is 10.5 Å². The van der Waals surface area contributed by atoms with Gasteiger partial charge in [-0.3, -0.25) is 0 Å². The summed E-state index contributed by atoms with van der Waals surface area (Å²) in [6.45, 7) is 11.9. The van der Waals surface area contributed by atoms with Gasteiger partial charge in [0.25, 0.3) is 0 Å². The van der Waals surface area contributed by atoms with Gasteiger partial charge >= 0.3 is 35.6 Å². The number of fused-ring (bicyclic) bond motifs is 2. The van der Waals surface area contributed by atoms with Crippen molar-refractivity contribution in [2.75, 3.05) is 0 Å². The molecule has 0 amide bonds. The molecule has 6 unspecified atom stereocenters. The molecule has 1 fully saturated rings. The fourth-order valence-electron chi connectivity index (χ4n) is 5.14. The van der Waals surface area contributed by atoms with E-state index in [0.717, 1.165) is 23.0 Å². The number of para-hydroxylation sites is 1. The molecule has 2 heterocycles. The molecule has 4 rings (SSSR count). The number of rotatable bonds is 1. The van der Waals surface area contributed by atoms with Crippen LogP contribution in [0.2, 0.25) is 0 Å². The van der Waals surface area contributed by atoms with Crippen LogP contribution in [-0.4, -0.2) is 11.3 Å². The van der Waals surface area contributed by atoms with Crippen LogP contribution in [0.25, 0.3) is 5.32 Å². The third-order valence-corrected chi connectivity index (χ3v) is 8.26. The number of nitrogens with zero attached hydrogens (tertiary/aromatic N) is 1. The van der Waals surface area contributed by atoms with E-state index < -0.39 is 17.0 Å². The summed E-state index contributed by atoms with van der Waals surface area (Å²) in [6.07, 6.45) is 2.40. The topological polar surface area (TPSA) is 14.1 Å². The Balaban J connectivity index is 0.000000614. The first-order valence-electron chi connectivity index (χ1n) is 9.53. The van der Waals surface area contributed by atoms with E-state index in [2.05, 4.69) is 64.6 Å². The average Bonchev–Trinajstić information content (AvgIpc) is 3.02. The zero-order valence-electron chi connectivity index (χ0n) is 17.2. The summed E-state index contributed by atoms with van der Waals surface area (Å²) in [4.78, 5) is 1.57. The molecular weight excluding hydrogens is 429 g/mol. The second-order valence-corrected chi connectivity index (χ2v) is 12.0. The third-order valence-electron chi connectivity index (χ3n) is 6.73. The molecule has 6 atom stereocenters. The first kappa shape index (κ1) is 23.7. The molecule has 0 radical (unpaired) electrons. The van der Waals surface area contributed by atoms with Gasteiger partial charge in [-0.05, 0) is 48.8 Å². The van der Waals surface area contributed by atoms with Crippen LogP contribution in [0.3, 0.4) is 0 Å². The van der Waals surface area contributed by atoms with Crippen LogP contribution >= 0.6 is 30.4 Å². The maximum absolute atomic E-state index is 5.08. The SMILES string of the molecule is CC1=C(C)C2C(C)C(C)C(c3cccc4c3[N-]C(C)CC4)C2S1.[CH3-].[Cl][Ti][Cl]. The first-order chi connectivity index (χ1) is 12.4. The Bertz CT molecular complexity index is 693. The van der Waals surface area contributed by atoms with Crippen molar-refractivity contribution in [2.24, 2.45) is 17.8 Å². The molecule has 0 N–H and O–H groups in total. The number of benzene rings is 1. The number of allylic oxidation sites excluding steroid dienone is 2. The van der Waals surface area contributed by atoms with Gasteiger partial charge in [0.05, 0.1) is 0 Å². The molecule has 0 spiro atoms. The summed E-state index contributed by atoms with van der Waals surface area (Å²) >= 11 is 1.59. The van der Waals surface area contributed by atoms with E-state index in [0.29, 0.717) is 12.0 Å². The second kappa shape index (κ2) is 9.94. The molecule has 1 saturated carbocycles. The molecule has 0 saturated heterocycles. The summed E-state index contributed by atoms with van der Waals surface area (Å²) in [5.74, 6) is 2.92. The number of thioether (sulfide) groups is 1. The van der Waals surface area contributed by atoms with Gasteiger partial charge in [0, 0.05) is 5.25 Å². The molecule has 27 heavy (non-hydrogen) atoms. The van der Waals surface area contributed by atoms with Crippen molar-refractivity contribution in [3.63, 3.8) is 0 Å². The number of hydrogen-bond donors (Lipinski definition) is 0. The standard InChI is InChI=1S/C21H28NS.CH3.2ClH.Ti/c1-11-9-10-16-7-6-8-17(20(16)22-11)19-13(3)12(2)18-14(4)15(5)23-21(18)19;;;;/h6-8,11-13,18-19,21H,9-10H2,1-5H3;1H3;2*1H;/q2*-1;;;+2/p-2. The zero-order chi connectivity index (χ0) is 19.0. The predicted octanol–water partition coefficient (Wildman–Crippen LogP) is 8.25. The van der Waals surface area contributed by atoms with Crippen molar-refractivity contribution in [3.05, 3.63) is 52.5 Å². The van der Waals surface area contributed by atoms with Gasteiger partial charge in [-0.1, -0.05) is 62.1 Å². The van der Waals surface area contributed by atoms with Crippen LogP contribution in [0.4, 0.5) is 5.69 Å². The summed E-state index contributed by atoms with van der Waals surface area (Å²) in [5.41, 5.74) is 6.01. The Morgan fingerprint density at radius 1 is 1.07 bits per heavy atom. The van der Waals surface area contributed by atoms with Gasteiger partial charge in [0.1, 0.15) is 0 Å². The van der Waals surface area contributed by atoms with Crippen LogP contribution in [0.15, 0.2) is 28.7 Å². The Labute approximate surface area is 187 Å². The molecule has 1 aliphatic carbocycles. The van der Waals surface area contributed by atoms with E-state index >= 15 is 0 Å². The minimum absolute atomic E-state index is 0. The quantitative estimate of drug-likeness (QED) is 0.304. The molecule has 1 aromatic carbocycles. The van der Waals surface area contributed by atoms with Gasteiger partial charge < -0.3 is 12.7 Å². The molecule has 1 aromatic rings. The Kier molecular flexibility index (Phi) is 8.72. The van der Waals surface area contributed by atoms with Crippen molar-refractivity contribution in [1.29, 1.82) is 0 Å². The predicted molar refractivity (Wildman–Crippen MR) is 120 cm³/mol. The molecule has 3 aliphatic rings. The van der Waals surface area contributed by atoms with Crippen molar-refractivity contribution >= 4 is 36.1 Å². The second-order valence-electron chi connectivity index (χ2n) is 8.03. The number of hydrogen-bond acceptors (Lipinski definition) is 1. The zero-order valence-corrected chi connectivity index (χ0v) is 21.1. The minimum atomic E-state index is -0.556. The molecule has 1 nitrogen and oxygen atoms in total. The summed E-state index contributed by atoms with van der Waals surface area (Å²) in [7, 11) is 9.78. The van der Waals surface area contributed by atoms with Crippen LogP contribution in [0.5, 0.6) is 0 Å². The summed E-state index contributed by atoms with van der Waals surface area (Å²) in [5, 5.41) is 5.80. The van der Waals surface area contributed by atoms with Crippen LogP contribution in [0.1, 0.15) is 58.1 Å². The third kappa shape index (κ3) is 4.46. The summed E-state index contributed by atoms with van der Waals surface area (Å²) < 4.78 is 0. The maximum atomic E-state index is 5.08. The molecule has 2 aliphatic heterocycles. The average molecular weight is 460 g/mol. The molecule has 0 bridgehead atoms. The van der Waals surface area contributed by atoms with Gasteiger partial charge in [-0.25, -0.2) is 0 Å². The van der Waals surface area contributed by atoms with E-state index in [4.69, 9.17) is 23.9 Å². The fraction of sp³-hybridized carbons (Fsp3) is 0.591. The van der Waals surface area contributed by atoms with Gasteiger partial charge in [0.15, 0.2) is 0 Å². The van der Waals surface area contributed by atoms with Crippen LogP contribution in [0, 0.1) is 25.2 Å². The Morgan fingerprint density at radius 2 is 1.70 bits per heavy atom. The van der Waals surface area contributed by atoms with Crippen LogP contribution < -0.4 is 0 Å². The van der Waals surface area contributed by atoms with Crippen molar-refractivity contribution < 1.29 is 17.0 Å². The van der Waals surface area contributed by atoms with E-state index in [-0.39, 0.29) is 7.43 Å². The molecular formula is C22H31Cl2NSTi-2. The monoisotopic (exact) mass is 459 g/mol. The van der Waals surface area contributed by atoms with Crippen molar-refractivity contribution in [3.8, 4) is 0 Å².